The number of nitrogens with one attached hydrogen (secondary N) is 1. The van der Waals surface area contributed by atoms with Crippen LogP contribution in [0.25, 0.3) is 11.0 Å². The summed E-state index contributed by atoms with van der Waals surface area (Å²) in [7, 11) is 0. The highest BCUT2D eigenvalue weighted by Gasteiger charge is 2.30. The molecule has 5 rings (SSSR count). The third-order valence-electron chi connectivity index (χ3n) is 6.71. The minimum atomic E-state index is -0.418. The van der Waals surface area contributed by atoms with Gasteiger partial charge >= 0.3 is 5.63 Å². The summed E-state index contributed by atoms with van der Waals surface area (Å²) in [6.07, 6.45) is 1.54. The van der Waals surface area contributed by atoms with Gasteiger partial charge in [-0.3, -0.25) is 9.69 Å². The van der Waals surface area contributed by atoms with E-state index < -0.39 is 5.63 Å². The van der Waals surface area contributed by atoms with Gasteiger partial charge < -0.3 is 23.9 Å². The number of rotatable bonds is 6. The van der Waals surface area contributed by atoms with Crippen LogP contribution in [0.15, 0.2) is 45.6 Å². The molecule has 190 valence electrons. The zero-order valence-electron chi connectivity index (χ0n) is 21.0. The molecule has 3 aromatic rings. The third-order valence-corrected chi connectivity index (χ3v) is 6.71. The number of hydrogen-bond acceptors (Lipinski definition) is 7. The van der Waals surface area contributed by atoms with Crippen molar-refractivity contribution in [3.05, 3.63) is 63.5 Å². The summed E-state index contributed by atoms with van der Waals surface area (Å²) in [5.41, 5.74) is 3.20. The molecule has 0 saturated carbocycles. The van der Waals surface area contributed by atoms with Crippen molar-refractivity contribution in [2.75, 3.05) is 38.2 Å². The molecule has 0 bridgehead atoms. The maximum absolute atomic E-state index is 12.7. The van der Waals surface area contributed by atoms with E-state index in [2.05, 4.69) is 10.2 Å². The Morgan fingerprint density at radius 2 is 1.89 bits per heavy atom. The van der Waals surface area contributed by atoms with Gasteiger partial charge in [-0.15, -0.1) is 0 Å². The molecule has 3 heterocycles. The van der Waals surface area contributed by atoms with E-state index in [0.717, 1.165) is 56.8 Å². The second kappa shape index (κ2) is 9.95. The van der Waals surface area contributed by atoms with E-state index in [1.807, 2.05) is 45.0 Å². The summed E-state index contributed by atoms with van der Waals surface area (Å²) in [6.45, 7) is 9.94. The van der Waals surface area contributed by atoms with Crippen LogP contribution in [0.4, 0.5) is 5.69 Å². The summed E-state index contributed by atoms with van der Waals surface area (Å²) < 4.78 is 23.1. The van der Waals surface area contributed by atoms with Crippen LogP contribution >= 0.6 is 0 Å². The molecule has 8 nitrogen and oxygen atoms in total. The number of anilines is 1. The first-order valence-corrected chi connectivity index (χ1v) is 12.4. The summed E-state index contributed by atoms with van der Waals surface area (Å²) >= 11 is 0. The highest BCUT2D eigenvalue weighted by Crippen LogP contribution is 2.42. The quantitative estimate of drug-likeness (QED) is 0.519. The molecular formula is C28H32N2O6. The average molecular weight is 493 g/mol. The number of amides is 1. The van der Waals surface area contributed by atoms with Gasteiger partial charge in [-0.2, -0.15) is 0 Å². The van der Waals surface area contributed by atoms with E-state index in [0.29, 0.717) is 28.2 Å². The number of carbonyl (C=O) groups is 1. The molecule has 1 N–H and O–H groups in total. The first kappa shape index (κ1) is 24.3. The second-order valence-electron chi connectivity index (χ2n) is 10.1. The molecule has 1 saturated heterocycles. The SMILES string of the molecule is Cc1cc(=O)oc2c3c(cc(OCC(=O)Nc4ccc(CN5CCOCC5)cc4)c12)OC(C)(C)CC3. The molecule has 1 fully saturated rings. The summed E-state index contributed by atoms with van der Waals surface area (Å²) in [5.74, 6) is 0.801. The monoisotopic (exact) mass is 492 g/mol. The van der Waals surface area contributed by atoms with Gasteiger partial charge in [-0.05, 0) is 56.9 Å². The summed E-state index contributed by atoms with van der Waals surface area (Å²) in [6, 6.07) is 11.1. The Labute approximate surface area is 210 Å². The number of fused-ring (bicyclic) bond motifs is 3. The van der Waals surface area contributed by atoms with E-state index in [1.54, 1.807) is 6.07 Å². The van der Waals surface area contributed by atoms with E-state index in [-0.39, 0.29) is 18.1 Å². The van der Waals surface area contributed by atoms with E-state index in [4.69, 9.17) is 18.6 Å². The summed E-state index contributed by atoms with van der Waals surface area (Å²) in [4.78, 5) is 27.2. The average Bonchev–Trinajstić information content (AvgIpc) is 2.83. The molecule has 36 heavy (non-hydrogen) atoms. The fourth-order valence-corrected chi connectivity index (χ4v) is 4.79. The van der Waals surface area contributed by atoms with Crippen LogP contribution in [0, 0.1) is 6.92 Å². The number of carbonyl (C=O) groups excluding carboxylic acids is 1. The molecule has 1 amide bonds. The van der Waals surface area contributed by atoms with Gasteiger partial charge in [0.25, 0.3) is 5.91 Å². The largest absolute Gasteiger partial charge is 0.487 e. The van der Waals surface area contributed by atoms with Gasteiger partial charge in [0.2, 0.25) is 0 Å². The lowest BCUT2D eigenvalue weighted by molar-refractivity contribution is -0.118. The maximum Gasteiger partial charge on any atom is 0.336 e. The minimum Gasteiger partial charge on any atom is -0.487 e. The van der Waals surface area contributed by atoms with Crippen molar-refractivity contribution in [1.29, 1.82) is 0 Å². The first-order valence-electron chi connectivity index (χ1n) is 12.4. The second-order valence-corrected chi connectivity index (χ2v) is 10.1. The molecular weight excluding hydrogens is 460 g/mol. The van der Waals surface area contributed by atoms with Crippen LogP contribution in [0.2, 0.25) is 0 Å². The lowest BCUT2D eigenvalue weighted by atomic mass is 9.92. The molecule has 2 aliphatic rings. The maximum atomic E-state index is 12.7. The van der Waals surface area contributed by atoms with Gasteiger partial charge in [0.15, 0.2) is 6.61 Å². The lowest BCUT2D eigenvalue weighted by Gasteiger charge is -2.33. The van der Waals surface area contributed by atoms with Gasteiger partial charge in [-0.25, -0.2) is 4.79 Å². The van der Waals surface area contributed by atoms with Gasteiger partial charge in [0.1, 0.15) is 22.7 Å². The highest BCUT2D eigenvalue weighted by atomic mass is 16.5. The van der Waals surface area contributed by atoms with Crippen molar-refractivity contribution in [2.24, 2.45) is 0 Å². The van der Waals surface area contributed by atoms with Gasteiger partial charge in [0.05, 0.1) is 18.6 Å². The number of ether oxygens (including phenoxy) is 3. The van der Waals surface area contributed by atoms with Gasteiger partial charge in [0, 0.05) is 43.0 Å². The number of morpholine rings is 1. The van der Waals surface area contributed by atoms with Crippen molar-refractivity contribution in [3.8, 4) is 11.5 Å². The first-order chi connectivity index (χ1) is 17.3. The Morgan fingerprint density at radius 3 is 2.64 bits per heavy atom. The van der Waals surface area contributed by atoms with Crippen molar-refractivity contribution < 1.29 is 23.4 Å². The molecule has 0 unspecified atom stereocenters. The van der Waals surface area contributed by atoms with Crippen molar-refractivity contribution in [2.45, 2.75) is 45.8 Å². The lowest BCUT2D eigenvalue weighted by Crippen LogP contribution is -2.35. The topological polar surface area (TPSA) is 90.2 Å². The van der Waals surface area contributed by atoms with Crippen molar-refractivity contribution in [3.63, 3.8) is 0 Å². The van der Waals surface area contributed by atoms with Gasteiger partial charge in [-0.1, -0.05) is 12.1 Å². The molecule has 0 spiro atoms. The molecule has 0 aliphatic carbocycles. The third kappa shape index (κ3) is 5.39. The normalized spacial score (nSPS) is 17.3. The predicted molar refractivity (Wildman–Crippen MR) is 137 cm³/mol. The van der Waals surface area contributed by atoms with E-state index in [9.17, 15) is 9.59 Å². The minimum absolute atomic E-state index is 0.189. The molecule has 0 atom stereocenters. The number of nitrogens with zero attached hydrogens (tertiary/aromatic N) is 1. The Hall–Kier alpha value is -3.36. The molecule has 2 aromatic carbocycles. The fourth-order valence-electron chi connectivity index (χ4n) is 4.79. The van der Waals surface area contributed by atoms with E-state index >= 15 is 0 Å². The number of hydrogen-bond donors (Lipinski definition) is 1. The van der Waals surface area contributed by atoms with E-state index in [1.165, 1.54) is 11.6 Å². The van der Waals surface area contributed by atoms with Crippen LogP contribution < -0.4 is 20.4 Å². The Balaban J connectivity index is 1.29. The molecule has 0 radical (unpaired) electrons. The van der Waals surface area contributed by atoms with Crippen LogP contribution in [0.3, 0.4) is 0 Å². The Kier molecular flexibility index (Phi) is 6.73. The van der Waals surface area contributed by atoms with Crippen molar-refractivity contribution in [1.82, 2.24) is 4.90 Å². The van der Waals surface area contributed by atoms with Crippen LogP contribution in [-0.2, 0) is 22.5 Å². The zero-order chi connectivity index (χ0) is 25.3. The summed E-state index contributed by atoms with van der Waals surface area (Å²) in [5, 5.41) is 3.58. The standard InChI is InChI=1S/C28H32N2O6/c1-18-14-25(32)35-27-21-8-9-28(2,3)36-22(21)15-23(26(18)27)34-17-24(31)29-20-6-4-19(5-7-20)16-30-10-12-33-13-11-30/h4-7,14-15H,8-13,16-17H2,1-3H3,(H,29,31). The molecule has 1 aromatic heterocycles. The fraction of sp³-hybridized carbons (Fsp3) is 0.429. The van der Waals surface area contributed by atoms with Crippen LogP contribution in [0.1, 0.15) is 37.0 Å². The molecule has 8 heteroatoms. The smallest absolute Gasteiger partial charge is 0.336 e. The zero-order valence-corrected chi connectivity index (χ0v) is 21.0. The molecule has 2 aliphatic heterocycles. The number of benzene rings is 2. The highest BCUT2D eigenvalue weighted by molar-refractivity contribution is 5.94. The number of aryl methyl sites for hydroxylation is 2. The van der Waals surface area contributed by atoms with Crippen LogP contribution in [-0.4, -0.2) is 49.3 Å². The van der Waals surface area contributed by atoms with Crippen LogP contribution in [0.5, 0.6) is 11.5 Å². The Morgan fingerprint density at radius 1 is 1.14 bits per heavy atom. The van der Waals surface area contributed by atoms with Crippen molar-refractivity contribution >= 4 is 22.6 Å². The predicted octanol–water partition coefficient (Wildman–Crippen LogP) is 4.05. The Bertz CT molecular complexity index is 1320.